The minimum Gasteiger partial charge on any atom is -0.465 e. The summed E-state index contributed by atoms with van der Waals surface area (Å²) in [7, 11) is 1.36. The van der Waals surface area contributed by atoms with Gasteiger partial charge in [-0.15, -0.1) is 11.3 Å². The third-order valence-electron chi connectivity index (χ3n) is 3.29. The molecule has 2 rings (SSSR count). The maximum atomic E-state index is 11.5. The Balaban J connectivity index is 2.20. The van der Waals surface area contributed by atoms with Gasteiger partial charge in [-0.2, -0.15) is 0 Å². The van der Waals surface area contributed by atoms with Crippen LogP contribution in [0.25, 0.3) is 5.57 Å². The number of hydrogen-bond donors (Lipinski definition) is 1. The van der Waals surface area contributed by atoms with Crippen LogP contribution in [0, 0.1) is 0 Å². The van der Waals surface area contributed by atoms with Gasteiger partial charge in [-0.1, -0.05) is 6.92 Å². The highest BCUT2D eigenvalue weighted by Gasteiger charge is 2.10. The van der Waals surface area contributed by atoms with Crippen molar-refractivity contribution < 1.29 is 9.53 Å². The average Bonchev–Trinajstić information content (AvgIpc) is 3.07. The Morgan fingerprint density at radius 3 is 2.96 bits per heavy atom. The standard InChI is InChI=1S/C17H20N4O2S/c1-5-7-18-12(3)11(2)14-6-8-19-17(21-14)20-13-9-15(24-10-13)16(22)23-4/h6-10H,5H2,1-4H3,(H,19,20,21). The highest BCUT2D eigenvalue weighted by atomic mass is 32.1. The number of rotatable bonds is 6. The maximum Gasteiger partial charge on any atom is 0.348 e. The Morgan fingerprint density at radius 1 is 1.46 bits per heavy atom. The van der Waals surface area contributed by atoms with Crippen LogP contribution < -0.4 is 5.32 Å². The van der Waals surface area contributed by atoms with Crippen LogP contribution in [-0.4, -0.2) is 29.3 Å². The molecule has 1 N–H and O–H groups in total. The van der Waals surface area contributed by atoms with Crippen LogP contribution in [0.2, 0.25) is 0 Å². The van der Waals surface area contributed by atoms with E-state index in [1.165, 1.54) is 18.4 Å². The van der Waals surface area contributed by atoms with Crippen molar-refractivity contribution in [2.75, 3.05) is 12.4 Å². The van der Waals surface area contributed by atoms with Gasteiger partial charge in [0, 0.05) is 23.5 Å². The van der Waals surface area contributed by atoms with Gasteiger partial charge >= 0.3 is 5.97 Å². The van der Waals surface area contributed by atoms with Gasteiger partial charge < -0.3 is 10.1 Å². The number of hydrogen-bond acceptors (Lipinski definition) is 7. The molecule has 24 heavy (non-hydrogen) atoms. The highest BCUT2D eigenvalue weighted by molar-refractivity contribution is 7.12. The fourth-order valence-electron chi connectivity index (χ4n) is 1.88. The molecule has 7 heteroatoms. The summed E-state index contributed by atoms with van der Waals surface area (Å²) in [6.07, 6.45) is 4.46. The summed E-state index contributed by atoms with van der Waals surface area (Å²) in [6.45, 7) is 5.98. The normalized spacial score (nSPS) is 12.2. The molecule has 6 nitrogen and oxygen atoms in total. The van der Waals surface area contributed by atoms with Gasteiger partial charge in [-0.25, -0.2) is 14.8 Å². The zero-order valence-electron chi connectivity index (χ0n) is 14.2. The van der Waals surface area contributed by atoms with Gasteiger partial charge in [-0.05, 0) is 38.0 Å². The number of carbonyl (C=O) groups is 1. The van der Waals surface area contributed by atoms with Crippen LogP contribution in [0.5, 0.6) is 0 Å². The van der Waals surface area contributed by atoms with Gasteiger partial charge in [0.15, 0.2) is 0 Å². The van der Waals surface area contributed by atoms with Crippen molar-refractivity contribution in [3.63, 3.8) is 0 Å². The Morgan fingerprint density at radius 2 is 2.25 bits per heavy atom. The summed E-state index contributed by atoms with van der Waals surface area (Å²) < 4.78 is 4.70. The first-order chi connectivity index (χ1) is 11.5. The molecule has 0 radical (unpaired) electrons. The monoisotopic (exact) mass is 344 g/mol. The van der Waals surface area contributed by atoms with Crippen LogP contribution in [-0.2, 0) is 4.74 Å². The zero-order chi connectivity index (χ0) is 17.5. The van der Waals surface area contributed by atoms with Gasteiger partial charge in [0.1, 0.15) is 4.88 Å². The van der Waals surface area contributed by atoms with Crippen LogP contribution >= 0.6 is 11.3 Å². The second-order valence-corrected chi connectivity index (χ2v) is 5.92. The van der Waals surface area contributed by atoms with Gasteiger partial charge in [0.25, 0.3) is 0 Å². The molecule has 2 heterocycles. The fourth-order valence-corrected chi connectivity index (χ4v) is 2.63. The molecule has 0 aliphatic rings. The molecule has 0 saturated heterocycles. The Labute approximate surface area is 145 Å². The van der Waals surface area contributed by atoms with Crippen molar-refractivity contribution in [2.24, 2.45) is 4.99 Å². The van der Waals surface area contributed by atoms with E-state index >= 15 is 0 Å². The second kappa shape index (κ2) is 8.35. The highest BCUT2D eigenvalue weighted by Crippen LogP contribution is 2.23. The van der Waals surface area contributed by atoms with Crippen LogP contribution in [0.4, 0.5) is 11.6 Å². The van der Waals surface area contributed by atoms with E-state index in [0.717, 1.165) is 29.1 Å². The number of allylic oxidation sites excluding steroid dienone is 2. The molecular weight excluding hydrogens is 324 g/mol. The lowest BCUT2D eigenvalue weighted by Gasteiger charge is -2.06. The van der Waals surface area contributed by atoms with Crippen LogP contribution in [0.1, 0.15) is 42.6 Å². The minimum absolute atomic E-state index is 0.356. The Hall–Kier alpha value is -2.54. The minimum atomic E-state index is -0.356. The maximum absolute atomic E-state index is 11.5. The van der Waals surface area contributed by atoms with Crippen molar-refractivity contribution in [1.82, 2.24) is 9.97 Å². The number of nitrogens with one attached hydrogen (secondary N) is 1. The molecular formula is C17H20N4O2S. The predicted molar refractivity (Wildman–Crippen MR) is 98.0 cm³/mol. The number of aliphatic imine (C=N–C) groups is 1. The zero-order valence-corrected chi connectivity index (χ0v) is 15.0. The first-order valence-corrected chi connectivity index (χ1v) is 8.40. The average molecular weight is 344 g/mol. The molecule has 2 aromatic rings. The van der Waals surface area contributed by atoms with E-state index in [1.54, 1.807) is 12.3 Å². The lowest BCUT2D eigenvalue weighted by molar-refractivity contribution is 0.0606. The molecule has 126 valence electrons. The van der Waals surface area contributed by atoms with Crippen molar-refractivity contribution in [1.29, 1.82) is 0 Å². The quantitative estimate of drug-likeness (QED) is 0.624. The first-order valence-electron chi connectivity index (χ1n) is 7.52. The van der Waals surface area contributed by atoms with Crippen molar-refractivity contribution in [2.45, 2.75) is 27.2 Å². The van der Waals surface area contributed by atoms with Crippen LogP contribution in [0.3, 0.4) is 0 Å². The third-order valence-corrected chi connectivity index (χ3v) is 4.20. The molecule has 0 bridgehead atoms. The summed E-state index contributed by atoms with van der Waals surface area (Å²) in [5.41, 5.74) is 3.47. The number of carbonyl (C=O) groups excluding carboxylic acids is 1. The van der Waals surface area contributed by atoms with E-state index in [0.29, 0.717) is 10.8 Å². The molecule has 0 atom stereocenters. The number of aromatic nitrogens is 2. The molecule has 0 aromatic carbocycles. The lowest BCUT2D eigenvalue weighted by Crippen LogP contribution is -2.00. The van der Waals surface area contributed by atoms with E-state index in [2.05, 4.69) is 20.3 Å². The Bertz CT molecular complexity index is 780. The van der Waals surface area contributed by atoms with E-state index in [1.807, 2.05) is 38.4 Å². The Kier molecular flexibility index (Phi) is 6.20. The summed E-state index contributed by atoms with van der Waals surface area (Å²) >= 11 is 1.30. The second-order valence-electron chi connectivity index (χ2n) is 5.01. The van der Waals surface area contributed by atoms with E-state index in [-0.39, 0.29) is 5.97 Å². The SMILES string of the molecule is CCC=NC(C)=C(C)c1ccnc(Nc2csc(C(=O)OC)c2)n1. The number of esters is 1. The largest absolute Gasteiger partial charge is 0.465 e. The predicted octanol–water partition coefficient (Wildman–Crippen LogP) is 4.30. The topological polar surface area (TPSA) is 76.5 Å². The summed E-state index contributed by atoms with van der Waals surface area (Å²) in [6, 6.07) is 3.56. The van der Waals surface area contributed by atoms with E-state index in [4.69, 9.17) is 4.74 Å². The van der Waals surface area contributed by atoms with Crippen LogP contribution in [0.15, 0.2) is 34.4 Å². The fraction of sp³-hybridized carbons (Fsp3) is 0.294. The van der Waals surface area contributed by atoms with Gasteiger partial charge in [0.05, 0.1) is 18.5 Å². The summed E-state index contributed by atoms with van der Waals surface area (Å²) in [5, 5.41) is 4.92. The number of anilines is 2. The van der Waals surface area contributed by atoms with Gasteiger partial charge in [0.2, 0.25) is 5.95 Å². The smallest absolute Gasteiger partial charge is 0.348 e. The number of thiophene rings is 1. The molecule has 0 amide bonds. The molecule has 0 aliphatic carbocycles. The lowest BCUT2D eigenvalue weighted by atomic mass is 10.2. The first kappa shape index (κ1) is 17.8. The number of methoxy groups -OCH3 is 1. The van der Waals surface area contributed by atoms with Gasteiger partial charge in [-0.3, -0.25) is 4.99 Å². The van der Waals surface area contributed by atoms with E-state index < -0.39 is 0 Å². The molecule has 2 aromatic heterocycles. The summed E-state index contributed by atoms with van der Waals surface area (Å²) in [4.78, 5) is 25.1. The molecule has 0 spiro atoms. The molecule has 0 aliphatic heterocycles. The van der Waals surface area contributed by atoms with Crippen molar-refractivity contribution in [3.8, 4) is 0 Å². The van der Waals surface area contributed by atoms with Crippen molar-refractivity contribution in [3.05, 3.63) is 40.0 Å². The molecule has 0 saturated carbocycles. The molecule has 0 unspecified atom stereocenters. The van der Waals surface area contributed by atoms with E-state index in [9.17, 15) is 4.79 Å². The third kappa shape index (κ3) is 4.48. The molecule has 0 fully saturated rings. The summed E-state index contributed by atoms with van der Waals surface area (Å²) in [5.74, 6) is 0.110. The number of nitrogens with zero attached hydrogens (tertiary/aromatic N) is 3. The number of ether oxygens (including phenoxy) is 1. The van der Waals surface area contributed by atoms with Crippen molar-refractivity contribution >= 4 is 40.7 Å².